The summed E-state index contributed by atoms with van der Waals surface area (Å²) in [5.74, 6) is 0.704. The number of fused-ring (bicyclic) bond motifs is 5. The van der Waals surface area contributed by atoms with Crippen molar-refractivity contribution in [3.05, 3.63) is 121 Å². The average molecular weight is 505 g/mol. The molecular formula is C34H24N4O. The molecule has 0 saturated carbocycles. The van der Waals surface area contributed by atoms with Crippen LogP contribution in [0.25, 0.3) is 61.4 Å². The fourth-order valence-corrected chi connectivity index (χ4v) is 6.00. The van der Waals surface area contributed by atoms with Gasteiger partial charge < -0.3 is 9.09 Å². The molecule has 0 unspecified atom stereocenters. The number of rotatable bonds is 3. The molecule has 0 atom stereocenters. The van der Waals surface area contributed by atoms with Crippen LogP contribution in [-0.2, 0) is 5.41 Å². The first-order valence-electron chi connectivity index (χ1n) is 13.1. The minimum absolute atomic E-state index is 0.257. The Balaban J connectivity index is 1.39. The van der Waals surface area contributed by atoms with Crippen molar-refractivity contribution >= 4 is 21.8 Å². The molecule has 8 rings (SSSR count). The van der Waals surface area contributed by atoms with Crippen molar-refractivity contribution in [3.8, 4) is 39.6 Å². The largest absolute Gasteiger partial charge is 0.362 e. The molecule has 4 aromatic carbocycles. The number of para-hydroxylation sites is 1. The van der Waals surface area contributed by atoms with E-state index in [4.69, 9.17) is 14.5 Å². The molecule has 4 heterocycles. The van der Waals surface area contributed by atoms with Gasteiger partial charge in [-0.15, -0.1) is 0 Å². The summed E-state index contributed by atoms with van der Waals surface area (Å²) in [4.78, 5) is 10.1. The van der Waals surface area contributed by atoms with Crippen LogP contribution in [0.1, 0.15) is 25.1 Å². The van der Waals surface area contributed by atoms with Crippen LogP contribution in [0.5, 0.6) is 0 Å². The molecule has 0 N–H and O–H groups in total. The first kappa shape index (κ1) is 22.0. The van der Waals surface area contributed by atoms with Crippen molar-refractivity contribution in [2.45, 2.75) is 19.3 Å². The Hall–Kier alpha value is -5.03. The molecule has 0 spiro atoms. The van der Waals surface area contributed by atoms with E-state index in [-0.39, 0.29) is 5.41 Å². The quantitative estimate of drug-likeness (QED) is 0.243. The van der Waals surface area contributed by atoms with E-state index in [2.05, 4.69) is 90.3 Å². The van der Waals surface area contributed by atoms with Crippen LogP contribution in [0, 0.1) is 0 Å². The van der Waals surface area contributed by atoms with Crippen molar-refractivity contribution < 1.29 is 4.52 Å². The zero-order valence-electron chi connectivity index (χ0n) is 21.6. The highest BCUT2D eigenvalue weighted by atomic mass is 16.5. The maximum atomic E-state index is 5.50. The van der Waals surface area contributed by atoms with Crippen molar-refractivity contribution in [2.75, 3.05) is 0 Å². The van der Waals surface area contributed by atoms with Gasteiger partial charge in [-0.25, -0.2) is 9.97 Å². The molecular weight excluding hydrogens is 480 g/mol. The second kappa shape index (κ2) is 7.98. The molecule has 0 saturated heterocycles. The molecule has 7 aromatic rings. The summed E-state index contributed by atoms with van der Waals surface area (Å²) in [6.07, 6.45) is 1.76. The minimum Gasteiger partial charge on any atom is -0.362 e. The molecule has 186 valence electrons. The fourth-order valence-electron chi connectivity index (χ4n) is 6.00. The molecule has 5 heteroatoms. The lowest BCUT2D eigenvalue weighted by molar-refractivity contribution is 0.398. The van der Waals surface area contributed by atoms with E-state index in [9.17, 15) is 0 Å². The van der Waals surface area contributed by atoms with Gasteiger partial charge in [-0.3, -0.25) is 0 Å². The summed E-state index contributed by atoms with van der Waals surface area (Å²) in [6.45, 7) is 4.42. The Bertz CT molecular complexity index is 1980. The average Bonchev–Trinajstić information content (AvgIpc) is 3.61. The highest BCUT2D eigenvalue weighted by molar-refractivity contribution is 6.12. The van der Waals surface area contributed by atoms with Crippen LogP contribution >= 0.6 is 0 Å². The van der Waals surface area contributed by atoms with Gasteiger partial charge in [0, 0.05) is 32.9 Å². The monoisotopic (exact) mass is 504 g/mol. The lowest BCUT2D eigenvalue weighted by Gasteiger charge is -2.30. The Morgan fingerprint density at radius 2 is 1.36 bits per heavy atom. The third-order valence-corrected chi connectivity index (χ3v) is 7.97. The first-order valence-corrected chi connectivity index (χ1v) is 13.1. The number of nitrogens with zero attached hydrogens (tertiary/aromatic N) is 4. The Labute approximate surface area is 225 Å². The normalized spacial score (nSPS) is 13.6. The fraction of sp³-hybridized carbons (Fsp3) is 0.0882. The first-order chi connectivity index (χ1) is 19.1. The Morgan fingerprint density at radius 3 is 2.05 bits per heavy atom. The van der Waals surface area contributed by atoms with E-state index in [1.165, 1.54) is 16.5 Å². The third-order valence-electron chi connectivity index (χ3n) is 7.97. The van der Waals surface area contributed by atoms with E-state index >= 15 is 0 Å². The predicted molar refractivity (Wildman–Crippen MR) is 155 cm³/mol. The lowest BCUT2D eigenvalue weighted by atomic mass is 9.78. The van der Waals surface area contributed by atoms with Gasteiger partial charge in [0.2, 0.25) is 0 Å². The van der Waals surface area contributed by atoms with Gasteiger partial charge in [0.25, 0.3) is 0 Å². The summed E-state index contributed by atoms with van der Waals surface area (Å²) in [7, 11) is 0. The van der Waals surface area contributed by atoms with Gasteiger partial charge in [-0.1, -0.05) is 84.0 Å². The zero-order valence-corrected chi connectivity index (χ0v) is 21.6. The second-order valence-electron chi connectivity index (χ2n) is 10.6. The molecule has 1 aliphatic heterocycles. The second-order valence-corrected chi connectivity index (χ2v) is 10.6. The maximum Gasteiger partial charge on any atom is 0.160 e. The van der Waals surface area contributed by atoms with Crippen LogP contribution < -0.4 is 0 Å². The Kier molecular flexibility index (Phi) is 4.50. The van der Waals surface area contributed by atoms with E-state index < -0.39 is 0 Å². The van der Waals surface area contributed by atoms with Crippen molar-refractivity contribution in [2.24, 2.45) is 0 Å². The van der Waals surface area contributed by atoms with Crippen molar-refractivity contribution in [1.29, 1.82) is 0 Å². The molecule has 3 aromatic heterocycles. The van der Waals surface area contributed by atoms with E-state index in [1.807, 2.05) is 36.4 Å². The standard InChI is InChI=1S/C34H24N4O/c1-34(2)26-15-9-14-24-25-18-23(16-17-29(25)38(31(24)26)30-20-39-37-32(30)34)33-35-27(21-10-5-3-6-11-21)19-28(36-33)22-12-7-4-8-13-22/h3-20H,1-2H3. The SMILES string of the molecule is CC1(C)c2nocc2-n2c3ccc(-c4nc(-c5ccccc5)cc(-c5ccccc5)n4)cc3c3cccc1c32. The molecule has 1 aliphatic rings. The minimum atomic E-state index is -0.257. The lowest BCUT2D eigenvalue weighted by Crippen LogP contribution is -2.26. The smallest absolute Gasteiger partial charge is 0.160 e. The van der Waals surface area contributed by atoms with E-state index in [0.29, 0.717) is 5.82 Å². The number of benzene rings is 4. The summed E-state index contributed by atoms with van der Waals surface area (Å²) >= 11 is 0. The summed E-state index contributed by atoms with van der Waals surface area (Å²) in [5.41, 5.74) is 10.2. The highest BCUT2D eigenvalue weighted by Gasteiger charge is 2.38. The molecule has 0 radical (unpaired) electrons. The molecule has 39 heavy (non-hydrogen) atoms. The molecule has 0 fully saturated rings. The number of hydrogen-bond acceptors (Lipinski definition) is 4. The summed E-state index contributed by atoms with van der Waals surface area (Å²) < 4.78 is 7.79. The van der Waals surface area contributed by atoms with Crippen LogP contribution in [0.3, 0.4) is 0 Å². The van der Waals surface area contributed by atoms with Gasteiger partial charge in [-0.05, 0) is 43.7 Å². The summed E-state index contributed by atoms with van der Waals surface area (Å²) in [6, 6.07) is 35.7. The molecule has 0 amide bonds. The topological polar surface area (TPSA) is 56.7 Å². The van der Waals surface area contributed by atoms with Gasteiger partial charge >= 0.3 is 0 Å². The zero-order chi connectivity index (χ0) is 26.1. The van der Waals surface area contributed by atoms with Crippen molar-refractivity contribution in [3.63, 3.8) is 0 Å². The molecule has 0 aliphatic carbocycles. The number of hydrogen-bond donors (Lipinski definition) is 0. The van der Waals surface area contributed by atoms with Gasteiger partial charge in [-0.2, -0.15) is 0 Å². The predicted octanol–water partition coefficient (Wildman–Crippen LogP) is 8.20. The van der Waals surface area contributed by atoms with Gasteiger partial charge in [0.1, 0.15) is 17.6 Å². The molecule has 5 nitrogen and oxygen atoms in total. The van der Waals surface area contributed by atoms with Crippen LogP contribution in [0.15, 0.2) is 114 Å². The van der Waals surface area contributed by atoms with Crippen LogP contribution in [0.4, 0.5) is 0 Å². The van der Waals surface area contributed by atoms with Gasteiger partial charge in [0.05, 0.1) is 22.4 Å². The van der Waals surface area contributed by atoms with E-state index in [1.54, 1.807) is 6.26 Å². The van der Waals surface area contributed by atoms with Crippen LogP contribution in [-0.4, -0.2) is 19.7 Å². The highest BCUT2D eigenvalue weighted by Crippen LogP contribution is 2.47. The van der Waals surface area contributed by atoms with Crippen molar-refractivity contribution in [1.82, 2.24) is 19.7 Å². The van der Waals surface area contributed by atoms with Gasteiger partial charge in [0.15, 0.2) is 5.82 Å². The van der Waals surface area contributed by atoms with Crippen LogP contribution in [0.2, 0.25) is 0 Å². The maximum absolute atomic E-state index is 5.50. The Morgan fingerprint density at radius 1 is 0.667 bits per heavy atom. The summed E-state index contributed by atoms with van der Waals surface area (Å²) in [5, 5.41) is 6.77. The number of aromatic nitrogens is 4. The van der Waals surface area contributed by atoms with E-state index in [0.717, 1.165) is 50.4 Å². The third kappa shape index (κ3) is 3.16. The molecule has 0 bridgehead atoms.